The summed E-state index contributed by atoms with van der Waals surface area (Å²) in [6.45, 7) is 2.34. The summed E-state index contributed by atoms with van der Waals surface area (Å²) in [5.74, 6) is 0.00327. The molecule has 1 aliphatic heterocycles. The molecule has 5 heteroatoms. The van der Waals surface area contributed by atoms with E-state index in [1.54, 1.807) is 16.4 Å². The van der Waals surface area contributed by atoms with E-state index in [9.17, 15) is 8.42 Å². The Hall–Kier alpha value is -2.37. The monoisotopic (exact) mass is 453 g/mol. The zero-order chi connectivity index (χ0) is 19.7. The molecule has 3 nitrogen and oxygen atoms in total. The topological polar surface area (TPSA) is 37.4 Å². The molecule has 0 amide bonds. The lowest BCUT2D eigenvalue weighted by Gasteiger charge is -2.23. The molecule has 28 heavy (non-hydrogen) atoms. The van der Waals surface area contributed by atoms with Gasteiger partial charge in [0.25, 0.3) is 10.0 Å². The van der Waals surface area contributed by atoms with Crippen LogP contribution in [-0.2, 0) is 10.0 Å². The number of aryl methyl sites for hydroxylation is 1. The van der Waals surface area contributed by atoms with Crippen LogP contribution in [0.1, 0.15) is 22.6 Å². The van der Waals surface area contributed by atoms with E-state index >= 15 is 0 Å². The molecular formula is C23H20BrNO2S. The van der Waals surface area contributed by atoms with Crippen LogP contribution in [-0.4, -0.2) is 19.3 Å². The van der Waals surface area contributed by atoms with Crippen LogP contribution in [0.3, 0.4) is 0 Å². The van der Waals surface area contributed by atoms with Gasteiger partial charge in [-0.3, -0.25) is 4.31 Å². The van der Waals surface area contributed by atoms with Gasteiger partial charge in [-0.25, -0.2) is 8.42 Å². The van der Waals surface area contributed by atoms with Crippen LogP contribution in [0.2, 0.25) is 0 Å². The molecule has 142 valence electrons. The van der Waals surface area contributed by atoms with Crippen LogP contribution in [0.15, 0.2) is 94.3 Å². The normalized spacial score (nSPS) is 16.9. The van der Waals surface area contributed by atoms with E-state index in [1.807, 2.05) is 73.7 Å². The Kier molecular flexibility index (Phi) is 5.13. The fraction of sp³-hybridized carbons (Fsp3) is 0.130. The molecule has 1 atom stereocenters. The van der Waals surface area contributed by atoms with Gasteiger partial charge in [0.15, 0.2) is 0 Å². The maximum atomic E-state index is 13.4. The van der Waals surface area contributed by atoms with E-state index in [4.69, 9.17) is 0 Å². The summed E-state index contributed by atoms with van der Waals surface area (Å²) in [5.41, 5.74) is 3.76. The van der Waals surface area contributed by atoms with Gasteiger partial charge in [0, 0.05) is 16.9 Å². The number of nitrogens with zero attached hydrogens (tertiary/aromatic N) is 1. The number of sulfonamides is 1. The standard InChI is InChI=1S/C23H20BrNO2S/c1-17-7-13-22(14-8-17)28(26,27)25-16-20(18-9-11-21(24)12-10-18)15-23(25)19-5-3-2-4-6-19/h2-15,20H,16H2,1H3. The molecule has 0 N–H and O–H groups in total. The van der Waals surface area contributed by atoms with E-state index in [-0.39, 0.29) is 5.92 Å². The summed E-state index contributed by atoms with van der Waals surface area (Å²) < 4.78 is 29.4. The van der Waals surface area contributed by atoms with Gasteiger partial charge >= 0.3 is 0 Å². The third kappa shape index (κ3) is 3.64. The van der Waals surface area contributed by atoms with Crippen molar-refractivity contribution in [3.8, 4) is 0 Å². The highest BCUT2D eigenvalue weighted by Gasteiger charge is 2.34. The Morgan fingerprint density at radius 1 is 0.893 bits per heavy atom. The zero-order valence-corrected chi connectivity index (χ0v) is 17.8. The van der Waals surface area contributed by atoms with Gasteiger partial charge in [-0.1, -0.05) is 82.2 Å². The lowest BCUT2D eigenvalue weighted by atomic mass is 10.00. The molecule has 0 bridgehead atoms. The molecule has 0 fully saturated rings. The first-order valence-electron chi connectivity index (χ1n) is 9.07. The maximum absolute atomic E-state index is 13.4. The van der Waals surface area contributed by atoms with E-state index < -0.39 is 10.0 Å². The first kappa shape index (κ1) is 19.0. The minimum atomic E-state index is -3.65. The van der Waals surface area contributed by atoms with Gasteiger partial charge in [0.2, 0.25) is 0 Å². The van der Waals surface area contributed by atoms with Crippen LogP contribution in [0.5, 0.6) is 0 Å². The van der Waals surface area contributed by atoms with Gasteiger partial charge in [-0.15, -0.1) is 0 Å². The highest BCUT2D eigenvalue weighted by atomic mass is 79.9. The molecule has 0 aliphatic carbocycles. The molecule has 0 aromatic heterocycles. The quantitative estimate of drug-likeness (QED) is 0.516. The first-order chi connectivity index (χ1) is 13.4. The first-order valence-corrected chi connectivity index (χ1v) is 11.3. The third-order valence-corrected chi connectivity index (χ3v) is 7.29. The SMILES string of the molecule is Cc1ccc(S(=O)(=O)N2CC(c3ccc(Br)cc3)C=C2c2ccccc2)cc1. The largest absolute Gasteiger partial charge is 0.265 e. The lowest BCUT2D eigenvalue weighted by molar-refractivity contribution is 0.515. The highest BCUT2D eigenvalue weighted by Crippen LogP contribution is 2.38. The molecule has 1 unspecified atom stereocenters. The Morgan fingerprint density at radius 3 is 2.18 bits per heavy atom. The third-order valence-electron chi connectivity index (χ3n) is 4.97. The molecule has 1 heterocycles. The molecule has 0 spiro atoms. The molecular weight excluding hydrogens is 434 g/mol. The molecule has 0 radical (unpaired) electrons. The van der Waals surface area contributed by atoms with Crippen molar-refractivity contribution in [2.75, 3.05) is 6.54 Å². The second-order valence-corrected chi connectivity index (χ2v) is 9.70. The predicted molar refractivity (Wildman–Crippen MR) is 116 cm³/mol. The van der Waals surface area contributed by atoms with Gasteiger partial charge in [0.1, 0.15) is 0 Å². The van der Waals surface area contributed by atoms with Crippen molar-refractivity contribution in [2.45, 2.75) is 17.7 Å². The summed E-state index contributed by atoms with van der Waals surface area (Å²) >= 11 is 3.46. The second-order valence-electron chi connectivity index (χ2n) is 6.93. The maximum Gasteiger partial charge on any atom is 0.264 e. The van der Waals surface area contributed by atoms with Crippen molar-refractivity contribution >= 4 is 31.7 Å². The summed E-state index contributed by atoms with van der Waals surface area (Å²) in [4.78, 5) is 0.316. The molecule has 0 saturated carbocycles. The number of rotatable bonds is 4. The van der Waals surface area contributed by atoms with Crippen LogP contribution in [0.4, 0.5) is 0 Å². The average molecular weight is 454 g/mol. The summed E-state index contributed by atoms with van der Waals surface area (Å²) in [5, 5.41) is 0. The van der Waals surface area contributed by atoms with Crippen molar-refractivity contribution in [1.82, 2.24) is 4.31 Å². The second kappa shape index (κ2) is 7.57. The van der Waals surface area contributed by atoms with Crippen molar-refractivity contribution < 1.29 is 8.42 Å². The lowest BCUT2D eigenvalue weighted by Crippen LogP contribution is -2.28. The van der Waals surface area contributed by atoms with Crippen LogP contribution in [0.25, 0.3) is 5.70 Å². The van der Waals surface area contributed by atoms with Crippen molar-refractivity contribution in [3.05, 3.63) is 106 Å². The minimum absolute atomic E-state index is 0.00327. The fourth-order valence-electron chi connectivity index (χ4n) is 3.43. The van der Waals surface area contributed by atoms with E-state index in [2.05, 4.69) is 22.0 Å². The van der Waals surface area contributed by atoms with Crippen LogP contribution < -0.4 is 0 Å². The van der Waals surface area contributed by atoms with E-state index in [1.165, 1.54) is 0 Å². The van der Waals surface area contributed by atoms with Crippen LogP contribution >= 0.6 is 15.9 Å². The number of halogens is 1. The summed E-state index contributed by atoms with van der Waals surface area (Å²) in [6, 6.07) is 24.8. The number of hydrogen-bond acceptors (Lipinski definition) is 2. The van der Waals surface area contributed by atoms with Crippen molar-refractivity contribution in [3.63, 3.8) is 0 Å². The fourth-order valence-corrected chi connectivity index (χ4v) is 5.21. The van der Waals surface area contributed by atoms with Crippen molar-refractivity contribution in [2.24, 2.45) is 0 Å². The van der Waals surface area contributed by atoms with Gasteiger partial charge in [-0.2, -0.15) is 0 Å². The van der Waals surface area contributed by atoms with Gasteiger partial charge in [-0.05, 0) is 42.3 Å². The van der Waals surface area contributed by atoms with Crippen molar-refractivity contribution in [1.29, 1.82) is 0 Å². The zero-order valence-electron chi connectivity index (χ0n) is 15.4. The molecule has 4 rings (SSSR count). The smallest absolute Gasteiger partial charge is 0.264 e. The predicted octanol–water partition coefficient (Wildman–Crippen LogP) is 5.59. The summed E-state index contributed by atoms with van der Waals surface area (Å²) in [6.07, 6.45) is 2.06. The highest BCUT2D eigenvalue weighted by molar-refractivity contribution is 9.10. The Balaban J connectivity index is 1.78. The average Bonchev–Trinajstić information content (AvgIpc) is 3.16. The molecule has 0 saturated heterocycles. The van der Waals surface area contributed by atoms with Gasteiger partial charge < -0.3 is 0 Å². The molecule has 1 aliphatic rings. The minimum Gasteiger partial charge on any atom is -0.265 e. The Bertz CT molecular complexity index is 1110. The molecule has 3 aromatic carbocycles. The van der Waals surface area contributed by atoms with Crippen LogP contribution in [0, 0.1) is 6.92 Å². The van der Waals surface area contributed by atoms with E-state index in [0.29, 0.717) is 11.4 Å². The number of hydrogen-bond donors (Lipinski definition) is 0. The number of benzene rings is 3. The summed E-state index contributed by atoms with van der Waals surface area (Å²) in [7, 11) is -3.65. The Labute approximate surface area is 174 Å². The molecule has 3 aromatic rings. The van der Waals surface area contributed by atoms with E-state index in [0.717, 1.165) is 26.9 Å². The Morgan fingerprint density at radius 2 is 1.54 bits per heavy atom. The van der Waals surface area contributed by atoms with Gasteiger partial charge in [0.05, 0.1) is 10.6 Å².